The summed E-state index contributed by atoms with van der Waals surface area (Å²) in [6.07, 6.45) is 5.43. The predicted octanol–water partition coefficient (Wildman–Crippen LogP) is 3.15. The molecule has 2 fully saturated rings. The molecular formula is C32H40N6O4. The van der Waals surface area contributed by atoms with Gasteiger partial charge in [0, 0.05) is 49.6 Å². The number of anilines is 1. The van der Waals surface area contributed by atoms with Gasteiger partial charge in [0.1, 0.15) is 17.3 Å². The topological polar surface area (TPSA) is 111 Å². The number of imidazole rings is 1. The molecule has 10 nitrogen and oxygen atoms in total. The molecule has 5 rings (SSSR count). The Morgan fingerprint density at radius 1 is 1.07 bits per heavy atom. The lowest BCUT2D eigenvalue weighted by atomic mass is 9.85. The number of piperidine rings is 1. The van der Waals surface area contributed by atoms with Crippen molar-refractivity contribution >= 4 is 23.4 Å². The molecule has 2 saturated heterocycles. The summed E-state index contributed by atoms with van der Waals surface area (Å²) < 4.78 is 5.28. The monoisotopic (exact) mass is 572 g/mol. The summed E-state index contributed by atoms with van der Waals surface area (Å²) in [7, 11) is 1.61. The first-order valence-corrected chi connectivity index (χ1v) is 14.6. The van der Waals surface area contributed by atoms with E-state index in [-0.39, 0.29) is 30.2 Å². The Hall–Kier alpha value is -4.34. The molecule has 2 aromatic carbocycles. The van der Waals surface area contributed by atoms with Gasteiger partial charge in [-0.25, -0.2) is 4.98 Å². The number of ether oxygens (including phenoxy) is 1. The minimum atomic E-state index is -0.724. The van der Waals surface area contributed by atoms with E-state index in [0.717, 1.165) is 22.7 Å². The Balaban J connectivity index is 1.31. The fourth-order valence-electron chi connectivity index (χ4n) is 6.00. The summed E-state index contributed by atoms with van der Waals surface area (Å²) in [5.41, 5.74) is 2.10. The van der Waals surface area contributed by atoms with E-state index in [9.17, 15) is 14.4 Å². The zero-order valence-electron chi connectivity index (χ0n) is 24.6. The third-order valence-corrected chi connectivity index (χ3v) is 8.47. The van der Waals surface area contributed by atoms with Crippen LogP contribution in [0.5, 0.6) is 5.75 Å². The third-order valence-electron chi connectivity index (χ3n) is 8.47. The van der Waals surface area contributed by atoms with Crippen LogP contribution in [0.15, 0.2) is 67.1 Å². The number of para-hydroxylation sites is 1. The lowest BCUT2D eigenvalue weighted by Crippen LogP contribution is -2.60. The second-order valence-corrected chi connectivity index (χ2v) is 11.4. The second-order valence-electron chi connectivity index (χ2n) is 11.4. The maximum absolute atomic E-state index is 14.0. The van der Waals surface area contributed by atoms with Crippen LogP contribution >= 0.6 is 0 Å². The van der Waals surface area contributed by atoms with E-state index in [1.807, 2.05) is 78.2 Å². The van der Waals surface area contributed by atoms with Crippen molar-refractivity contribution in [3.8, 4) is 5.75 Å². The fraction of sp³-hybridized carbons (Fsp3) is 0.438. The van der Waals surface area contributed by atoms with Gasteiger partial charge in [-0.05, 0) is 62.9 Å². The molecule has 222 valence electrons. The number of aromatic amines is 1. The molecule has 0 radical (unpaired) electrons. The number of benzene rings is 2. The molecular weight excluding hydrogens is 532 g/mol. The smallest absolute Gasteiger partial charge is 0.250 e. The normalized spacial score (nSPS) is 17.1. The minimum Gasteiger partial charge on any atom is -0.497 e. The number of H-pyrrole nitrogens is 1. The maximum Gasteiger partial charge on any atom is 0.250 e. The molecule has 3 heterocycles. The fourth-order valence-corrected chi connectivity index (χ4v) is 6.00. The van der Waals surface area contributed by atoms with Crippen molar-refractivity contribution in [2.75, 3.05) is 31.8 Å². The van der Waals surface area contributed by atoms with Gasteiger partial charge in [0.05, 0.1) is 20.1 Å². The molecule has 2 aliphatic heterocycles. The summed E-state index contributed by atoms with van der Waals surface area (Å²) in [5, 5.41) is 3.00. The number of nitrogens with one attached hydrogen (secondary N) is 2. The standard InChI is InChI=1S/C32H40N6O4/c1-23(2)37-22-38(26-7-5-4-6-8-26)32(31(37)41)15-17-36(18-16-32)30(40)28(19-24-9-12-27(42-3)13-10-24)35-29(39)14-11-25-20-33-21-34-25/h4-10,12-13,20-21,23,28H,11,14-19,22H2,1-3H3,(H,33,34)(H,35,39). The summed E-state index contributed by atoms with van der Waals surface area (Å²) >= 11 is 0. The van der Waals surface area contributed by atoms with Crippen LogP contribution in [0.25, 0.3) is 0 Å². The molecule has 1 spiro atoms. The van der Waals surface area contributed by atoms with Gasteiger partial charge in [0.2, 0.25) is 17.7 Å². The van der Waals surface area contributed by atoms with E-state index in [0.29, 0.717) is 45.4 Å². The number of carbonyl (C=O) groups is 3. The summed E-state index contributed by atoms with van der Waals surface area (Å²) in [6.45, 7) is 5.47. The number of methoxy groups -OCH3 is 1. The Labute approximate surface area is 247 Å². The zero-order valence-corrected chi connectivity index (χ0v) is 24.6. The summed E-state index contributed by atoms with van der Waals surface area (Å²) in [4.78, 5) is 53.7. The predicted molar refractivity (Wildman–Crippen MR) is 160 cm³/mol. The number of hydrogen-bond donors (Lipinski definition) is 2. The van der Waals surface area contributed by atoms with E-state index in [1.54, 1.807) is 19.6 Å². The van der Waals surface area contributed by atoms with Crippen LogP contribution in [0.1, 0.15) is 44.4 Å². The van der Waals surface area contributed by atoms with Gasteiger partial charge in [-0.3, -0.25) is 14.4 Å². The molecule has 2 aliphatic rings. The van der Waals surface area contributed by atoms with Crippen molar-refractivity contribution in [3.63, 3.8) is 0 Å². The van der Waals surface area contributed by atoms with Crippen LogP contribution < -0.4 is 15.0 Å². The molecule has 0 saturated carbocycles. The highest BCUT2D eigenvalue weighted by atomic mass is 16.5. The first kappa shape index (κ1) is 29.2. The van der Waals surface area contributed by atoms with Gasteiger partial charge < -0.3 is 29.7 Å². The first-order chi connectivity index (χ1) is 20.3. The van der Waals surface area contributed by atoms with E-state index in [1.165, 1.54) is 0 Å². The highest BCUT2D eigenvalue weighted by Gasteiger charge is 2.54. The molecule has 42 heavy (non-hydrogen) atoms. The summed E-state index contributed by atoms with van der Waals surface area (Å²) in [6, 6.07) is 16.9. The number of amides is 3. The molecule has 2 N–H and O–H groups in total. The first-order valence-electron chi connectivity index (χ1n) is 14.6. The molecule has 1 aromatic heterocycles. The molecule has 1 unspecified atom stereocenters. The van der Waals surface area contributed by atoms with Crippen molar-refractivity contribution in [2.45, 2.75) is 63.6 Å². The minimum absolute atomic E-state index is 0.0774. The van der Waals surface area contributed by atoms with Crippen LogP contribution in [0.3, 0.4) is 0 Å². The van der Waals surface area contributed by atoms with Crippen molar-refractivity contribution in [1.29, 1.82) is 0 Å². The van der Waals surface area contributed by atoms with E-state index < -0.39 is 11.6 Å². The van der Waals surface area contributed by atoms with Crippen molar-refractivity contribution in [1.82, 2.24) is 25.1 Å². The van der Waals surface area contributed by atoms with E-state index >= 15 is 0 Å². The lowest BCUT2D eigenvalue weighted by Gasteiger charge is -2.44. The molecule has 3 aromatic rings. The number of aryl methyl sites for hydroxylation is 1. The lowest BCUT2D eigenvalue weighted by molar-refractivity contribution is -0.141. The Kier molecular flexibility index (Phi) is 8.80. The van der Waals surface area contributed by atoms with Gasteiger partial charge in [-0.2, -0.15) is 0 Å². The molecule has 0 bridgehead atoms. The number of rotatable bonds is 10. The maximum atomic E-state index is 14.0. The Bertz CT molecular complexity index is 1350. The molecule has 10 heteroatoms. The van der Waals surface area contributed by atoms with Gasteiger partial charge in [-0.1, -0.05) is 30.3 Å². The Morgan fingerprint density at radius 2 is 1.79 bits per heavy atom. The number of aromatic nitrogens is 2. The molecule has 3 amide bonds. The van der Waals surface area contributed by atoms with E-state index in [4.69, 9.17) is 4.74 Å². The second kappa shape index (κ2) is 12.7. The SMILES string of the molecule is COc1ccc(CC(NC(=O)CCc2cnc[nH]2)C(=O)N2CCC3(CC2)C(=O)N(C(C)C)CN3c2ccccc2)cc1. The average Bonchev–Trinajstić information content (AvgIpc) is 3.63. The average molecular weight is 573 g/mol. The van der Waals surface area contributed by atoms with Crippen LogP contribution in [-0.2, 0) is 27.2 Å². The number of carbonyl (C=O) groups excluding carboxylic acids is 3. The van der Waals surface area contributed by atoms with Crippen molar-refractivity contribution in [2.24, 2.45) is 0 Å². The quantitative estimate of drug-likeness (QED) is 0.386. The van der Waals surface area contributed by atoms with Crippen LogP contribution in [0.4, 0.5) is 5.69 Å². The highest BCUT2D eigenvalue weighted by Crippen LogP contribution is 2.40. The van der Waals surface area contributed by atoms with Gasteiger partial charge in [0.25, 0.3) is 0 Å². The number of likely N-dealkylation sites (tertiary alicyclic amines) is 1. The van der Waals surface area contributed by atoms with Crippen molar-refractivity contribution in [3.05, 3.63) is 78.4 Å². The van der Waals surface area contributed by atoms with Gasteiger partial charge in [0.15, 0.2) is 0 Å². The number of nitrogens with zero attached hydrogens (tertiary/aromatic N) is 4. The largest absolute Gasteiger partial charge is 0.497 e. The summed E-state index contributed by atoms with van der Waals surface area (Å²) in [5.74, 6) is 0.522. The Morgan fingerprint density at radius 3 is 2.40 bits per heavy atom. The van der Waals surface area contributed by atoms with Gasteiger partial charge in [-0.15, -0.1) is 0 Å². The van der Waals surface area contributed by atoms with Crippen LogP contribution in [-0.4, -0.2) is 82.0 Å². The van der Waals surface area contributed by atoms with Gasteiger partial charge >= 0.3 is 0 Å². The number of hydrogen-bond acceptors (Lipinski definition) is 6. The highest BCUT2D eigenvalue weighted by molar-refractivity contribution is 5.94. The van der Waals surface area contributed by atoms with E-state index in [2.05, 4.69) is 20.2 Å². The molecule has 1 atom stereocenters. The van der Waals surface area contributed by atoms with Crippen LogP contribution in [0, 0.1) is 0 Å². The van der Waals surface area contributed by atoms with Crippen LogP contribution in [0.2, 0.25) is 0 Å². The van der Waals surface area contributed by atoms with Crippen molar-refractivity contribution < 1.29 is 19.1 Å². The molecule has 0 aliphatic carbocycles. The zero-order chi connectivity index (χ0) is 29.7. The third kappa shape index (κ3) is 6.12.